The molecular weight excluding hydrogens is 384 g/mol. The lowest BCUT2D eigenvalue weighted by Crippen LogP contribution is -2.47. The van der Waals surface area contributed by atoms with Crippen LogP contribution in [-0.2, 0) is 4.79 Å². The highest BCUT2D eigenvalue weighted by Gasteiger charge is 2.51. The molecule has 1 aromatic heterocycles. The number of phenolic OH excluding ortho intramolecular Hbond substituents is 1. The summed E-state index contributed by atoms with van der Waals surface area (Å²) in [7, 11) is 0. The molecule has 4 saturated carbocycles. The molecule has 4 bridgehead atoms. The van der Waals surface area contributed by atoms with Gasteiger partial charge in [0.15, 0.2) is 0 Å². The quantitative estimate of drug-likeness (QED) is 0.540. The minimum atomic E-state index is 0.150. The zero-order chi connectivity index (χ0) is 21.0. The van der Waals surface area contributed by atoms with E-state index in [1.54, 1.807) is 12.1 Å². The van der Waals surface area contributed by atoms with Crippen molar-refractivity contribution in [3.8, 4) is 17.0 Å². The minimum absolute atomic E-state index is 0.150. The number of amides is 1. The predicted molar refractivity (Wildman–Crippen MR) is 123 cm³/mol. The molecule has 3 aromatic rings. The molecule has 158 valence electrons. The normalized spacial score (nSPS) is 28.7. The summed E-state index contributed by atoms with van der Waals surface area (Å²) in [6.07, 6.45) is 8.61. The third kappa shape index (κ3) is 3.48. The number of aromatic hydroxyl groups is 1. The van der Waals surface area contributed by atoms with Crippen LogP contribution >= 0.6 is 0 Å². The summed E-state index contributed by atoms with van der Waals surface area (Å²) in [5.41, 5.74) is 3.75. The van der Waals surface area contributed by atoms with Gasteiger partial charge in [0.25, 0.3) is 0 Å². The lowest BCUT2D eigenvalue weighted by Gasteiger charge is -2.56. The van der Waals surface area contributed by atoms with Crippen LogP contribution in [0.4, 0.5) is 5.69 Å². The van der Waals surface area contributed by atoms with Crippen molar-refractivity contribution >= 4 is 22.5 Å². The van der Waals surface area contributed by atoms with E-state index in [9.17, 15) is 9.90 Å². The van der Waals surface area contributed by atoms with Crippen molar-refractivity contribution in [2.75, 3.05) is 5.32 Å². The molecule has 2 aromatic carbocycles. The van der Waals surface area contributed by atoms with Gasteiger partial charge in [0.1, 0.15) is 5.75 Å². The number of anilines is 1. The lowest BCUT2D eigenvalue weighted by molar-refractivity contribution is -0.124. The molecule has 0 atom stereocenters. The summed E-state index contributed by atoms with van der Waals surface area (Å²) in [5, 5.41) is 13.7. The number of benzene rings is 2. The highest BCUT2D eigenvalue weighted by molar-refractivity contribution is 6.01. The molecule has 2 N–H and O–H groups in total. The molecule has 0 aliphatic heterocycles. The number of carbonyl (C=O) groups excluding carboxylic acids is 1. The minimum Gasteiger partial charge on any atom is -0.508 e. The molecule has 31 heavy (non-hydrogen) atoms. The Kier molecular flexibility index (Phi) is 4.31. The Morgan fingerprint density at radius 2 is 1.61 bits per heavy atom. The smallest absolute Gasteiger partial charge is 0.224 e. The fraction of sp³-hybridized carbons (Fsp3) is 0.407. The molecule has 1 heterocycles. The third-order valence-corrected chi connectivity index (χ3v) is 7.87. The maximum Gasteiger partial charge on any atom is 0.224 e. The van der Waals surface area contributed by atoms with Crippen LogP contribution in [0.5, 0.6) is 5.75 Å². The lowest BCUT2D eigenvalue weighted by atomic mass is 9.49. The summed E-state index contributed by atoms with van der Waals surface area (Å²) in [4.78, 5) is 17.9. The van der Waals surface area contributed by atoms with E-state index >= 15 is 0 Å². The maximum atomic E-state index is 13.1. The molecule has 4 aliphatic rings. The van der Waals surface area contributed by atoms with E-state index < -0.39 is 0 Å². The van der Waals surface area contributed by atoms with Crippen molar-refractivity contribution in [2.24, 2.45) is 23.2 Å². The SMILES string of the molecule is O=C(CC12CC3CC(CC(C3)C1)C2)Nc1cccc2nc(-c3ccc(O)cc3)ccc12. The van der Waals surface area contributed by atoms with Crippen molar-refractivity contribution in [1.29, 1.82) is 0 Å². The number of pyridine rings is 1. The van der Waals surface area contributed by atoms with Crippen molar-refractivity contribution in [3.63, 3.8) is 0 Å². The Bertz CT molecular complexity index is 1120. The van der Waals surface area contributed by atoms with Crippen LogP contribution in [0, 0.1) is 23.2 Å². The molecule has 0 saturated heterocycles. The van der Waals surface area contributed by atoms with Crippen molar-refractivity contribution in [3.05, 3.63) is 54.6 Å². The van der Waals surface area contributed by atoms with Gasteiger partial charge >= 0.3 is 0 Å². The van der Waals surface area contributed by atoms with E-state index in [1.165, 1.54) is 38.5 Å². The summed E-state index contributed by atoms with van der Waals surface area (Å²) >= 11 is 0. The Hall–Kier alpha value is -2.88. The average molecular weight is 413 g/mol. The molecule has 4 heteroatoms. The molecular formula is C27H28N2O2. The van der Waals surface area contributed by atoms with Crippen LogP contribution in [0.15, 0.2) is 54.6 Å². The maximum absolute atomic E-state index is 13.1. The van der Waals surface area contributed by atoms with E-state index in [-0.39, 0.29) is 17.1 Å². The van der Waals surface area contributed by atoms with Crippen LogP contribution in [-0.4, -0.2) is 16.0 Å². The Morgan fingerprint density at radius 3 is 2.29 bits per heavy atom. The van der Waals surface area contributed by atoms with Gasteiger partial charge in [-0.2, -0.15) is 0 Å². The van der Waals surface area contributed by atoms with E-state index in [1.807, 2.05) is 42.5 Å². The predicted octanol–water partition coefficient (Wildman–Crippen LogP) is 6.15. The van der Waals surface area contributed by atoms with Crippen molar-refractivity contribution in [1.82, 2.24) is 4.98 Å². The highest BCUT2D eigenvalue weighted by Crippen LogP contribution is 2.61. The first-order valence-electron chi connectivity index (χ1n) is 11.5. The van der Waals surface area contributed by atoms with Gasteiger partial charge in [0.2, 0.25) is 5.91 Å². The molecule has 4 fully saturated rings. The van der Waals surface area contributed by atoms with Gasteiger partial charge in [-0.15, -0.1) is 0 Å². The van der Waals surface area contributed by atoms with E-state index in [4.69, 9.17) is 4.98 Å². The van der Waals surface area contributed by atoms with Gasteiger partial charge in [-0.3, -0.25) is 4.79 Å². The van der Waals surface area contributed by atoms with E-state index in [2.05, 4.69) is 5.32 Å². The fourth-order valence-electron chi connectivity index (χ4n) is 7.10. The van der Waals surface area contributed by atoms with Crippen LogP contribution in [0.3, 0.4) is 0 Å². The van der Waals surface area contributed by atoms with Gasteiger partial charge in [0, 0.05) is 17.4 Å². The second kappa shape index (κ2) is 7.08. The number of fused-ring (bicyclic) bond motifs is 1. The first-order valence-corrected chi connectivity index (χ1v) is 11.5. The van der Waals surface area contributed by atoms with E-state index in [0.717, 1.165) is 45.6 Å². The standard InChI is InChI=1S/C27H28N2O2/c30-21-6-4-20(5-7-21)23-9-8-22-24(28-23)2-1-3-25(22)29-26(31)16-27-13-17-10-18(14-27)12-19(11-17)15-27/h1-9,17-19,30H,10-16H2,(H,29,31). The Labute approximate surface area is 182 Å². The summed E-state index contributed by atoms with van der Waals surface area (Å²) in [6, 6.07) is 17.0. The second-order valence-electron chi connectivity index (χ2n) is 10.3. The largest absolute Gasteiger partial charge is 0.508 e. The Morgan fingerprint density at radius 1 is 0.935 bits per heavy atom. The van der Waals surface area contributed by atoms with Gasteiger partial charge in [-0.1, -0.05) is 6.07 Å². The van der Waals surface area contributed by atoms with Gasteiger partial charge in [0.05, 0.1) is 16.9 Å². The van der Waals surface area contributed by atoms with Gasteiger partial charge in [-0.25, -0.2) is 4.98 Å². The first-order chi connectivity index (χ1) is 15.1. The fourth-order valence-corrected chi connectivity index (χ4v) is 7.10. The highest BCUT2D eigenvalue weighted by atomic mass is 16.3. The second-order valence-corrected chi connectivity index (χ2v) is 10.3. The number of hydrogen-bond donors (Lipinski definition) is 2. The molecule has 7 rings (SSSR count). The number of nitrogens with one attached hydrogen (secondary N) is 1. The molecule has 0 radical (unpaired) electrons. The summed E-state index contributed by atoms with van der Waals surface area (Å²) < 4.78 is 0. The van der Waals surface area contributed by atoms with Crippen LogP contribution in [0.1, 0.15) is 44.9 Å². The zero-order valence-corrected chi connectivity index (χ0v) is 17.7. The number of aromatic nitrogens is 1. The number of carbonyl (C=O) groups is 1. The third-order valence-electron chi connectivity index (χ3n) is 7.87. The molecule has 1 amide bonds. The molecule has 0 unspecified atom stereocenters. The molecule has 4 nitrogen and oxygen atoms in total. The summed E-state index contributed by atoms with van der Waals surface area (Å²) in [6.45, 7) is 0. The molecule has 4 aliphatic carbocycles. The van der Waals surface area contributed by atoms with Crippen LogP contribution in [0.2, 0.25) is 0 Å². The monoisotopic (exact) mass is 412 g/mol. The average Bonchev–Trinajstić information content (AvgIpc) is 2.72. The van der Waals surface area contributed by atoms with Crippen LogP contribution in [0.25, 0.3) is 22.2 Å². The number of nitrogens with zero attached hydrogens (tertiary/aromatic N) is 1. The Balaban J connectivity index is 1.23. The number of phenols is 1. The van der Waals surface area contributed by atoms with E-state index in [0.29, 0.717) is 6.42 Å². The molecule has 0 spiro atoms. The zero-order valence-electron chi connectivity index (χ0n) is 17.7. The topological polar surface area (TPSA) is 62.2 Å². The van der Waals surface area contributed by atoms with Gasteiger partial charge in [-0.05, 0) is 110 Å². The van der Waals surface area contributed by atoms with Gasteiger partial charge < -0.3 is 10.4 Å². The van der Waals surface area contributed by atoms with Crippen LogP contribution < -0.4 is 5.32 Å². The number of hydrogen-bond acceptors (Lipinski definition) is 3. The van der Waals surface area contributed by atoms with Crippen molar-refractivity contribution in [2.45, 2.75) is 44.9 Å². The summed E-state index contributed by atoms with van der Waals surface area (Å²) in [5.74, 6) is 2.97. The van der Waals surface area contributed by atoms with Crippen molar-refractivity contribution < 1.29 is 9.90 Å². The first kappa shape index (κ1) is 18.9. The number of rotatable bonds is 4.